The van der Waals surface area contributed by atoms with Crippen molar-refractivity contribution in [2.45, 2.75) is 12.8 Å². The second-order valence-corrected chi connectivity index (χ2v) is 8.08. The van der Waals surface area contributed by atoms with E-state index in [-0.39, 0.29) is 17.4 Å². The number of nitrogens with one attached hydrogen (secondary N) is 1. The summed E-state index contributed by atoms with van der Waals surface area (Å²) in [6.45, 7) is 1.63. The van der Waals surface area contributed by atoms with Crippen LogP contribution in [0.1, 0.15) is 33.8 Å². The van der Waals surface area contributed by atoms with E-state index in [0.29, 0.717) is 41.9 Å². The predicted molar refractivity (Wildman–Crippen MR) is 120 cm³/mol. The molecule has 7 nitrogen and oxygen atoms in total. The van der Waals surface area contributed by atoms with Gasteiger partial charge in [0.05, 0.1) is 0 Å². The van der Waals surface area contributed by atoms with Crippen molar-refractivity contribution in [1.82, 2.24) is 10.2 Å². The van der Waals surface area contributed by atoms with Crippen LogP contribution >= 0.6 is 0 Å². The molecule has 1 saturated heterocycles. The third-order valence-corrected chi connectivity index (χ3v) is 5.98. The van der Waals surface area contributed by atoms with E-state index in [0.717, 1.165) is 18.2 Å². The van der Waals surface area contributed by atoms with E-state index in [1.165, 1.54) is 0 Å². The summed E-state index contributed by atoms with van der Waals surface area (Å²) in [5.74, 6) is 0.0231. The number of amides is 2. The van der Waals surface area contributed by atoms with Crippen molar-refractivity contribution in [2.24, 2.45) is 5.92 Å². The number of furan rings is 1. The summed E-state index contributed by atoms with van der Waals surface area (Å²) in [5, 5.41) is 4.46. The number of piperidine rings is 1. The second kappa shape index (κ2) is 8.34. The number of nitrogens with zero attached hydrogens (tertiary/aromatic N) is 1. The highest BCUT2D eigenvalue weighted by Crippen LogP contribution is 2.23. The molecule has 0 atom stereocenters. The van der Waals surface area contributed by atoms with Crippen molar-refractivity contribution in [3.05, 3.63) is 82.4 Å². The molecule has 0 unspecified atom stereocenters. The highest BCUT2D eigenvalue weighted by atomic mass is 16.4. The first-order chi connectivity index (χ1) is 15.6. The molecule has 2 aromatic heterocycles. The molecule has 1 aliphatic heterocycles. The quantitative estimate of drug-likeness (QED) is 0.497. The van der Waals surface area contributed by atoms with Crippen molar-refractivity contribution in [3.63, 3.8) is 0 Å². The number of likely N-dealkylation sites (tertiary alicyclic amines) is 1. The molecule has 0 radical (unpaired) electrons. The minimum absolute atomic E-state index is 0.00111. The normalized spacial score (nSPS) is 14.7. The molecule has 32 heavy (non-hydrogen) atoms. The zero-order valence-corrected chi connectivity index (χ0v) is 17.4. The number of hydrogen-bond donors (Lipinski definition) is 1. The summed E-state index contributed by atoms with van der Waals surface area (Å²) in [7, 11) is 0. The summed E-state index contributed by atoms with van der Waals surface area (Å²) in [6, 6.07) is 18.0. The number of para-hydroxylation sites is 2. The maximum Gasteiger partial charge on any atom is 0.349 e. The molecule has 2 amide bonds. The predicted octanol–water partition coefficient (Wildman–Crippen LogP) is 3.82. The highest BCUT2D eigenvalue weighted by Gasteiger charge is 2.26. The number of carbonyl (C=O) groups is 2. The average molecular weight is 430 g/mol. The molecule has 5 rings (SSSR count). The Hall–Kier alpha value is -3.87. The van der Waals surface area contributed by atoms with E-state index in [4.69, 9.17) is 8.83 Å². The smallest absolute Gasteiger partial charge is 0.349 e. The van der Waals surface area contributed by atoms with Gasteiger partial charge in [-0.1, -0.05) is 36.4 Å². The van der Waals surface area contributed by atoms with Crippen molar-refractivity contribution in [3.8, 4) is 0 Å². The Bertz CT molecular complexity index is 1330. The van der Waals surface area contributed by atoms with Gasteiger partial charge >= 0.3 is 5.63 Å². The van der Waals surface area contributed by atoms with Gasteiger partial charge in [-0.05, 0) is 43.0 Å². The zero-order chi connectivity index (χ0) is 22.1. The first-order valence-corrected chi connectivity index (χ1v) is 10.7. The average Bonchev–Trinajstić information content (AvgIpc) is 3.26. The van der Waals surface area contributed by atoms with Gasteiger partial charge in [-0.2, -0.15) is 0 Å². The molecule has 0 bridgehead atoms. The van der Waals surface area contributed by atoms with Crippen molar-refractivity contribution in [2.75, 3.05) is 19.6 Å². The van der Waals surface area contributed by atoms with Crippen molar-refractivity contribution >= 4 is 33.8 Å². The number of benzene rings is 2. The first kappa shape index (κ1) is 20.1. The Morgan fingerprint density at radius 1 is 0.906 bits per heavy atom. The molecule has 7 heteroatoms. The molecule has 0 spiro atoms. The zero-order valence-electron chi connectivity index (χ0n) is 17.4. The largest absolute Gasteiger partial charge is 0.451 e. The van der Waals surface area contributed by atoms with E-state index < -0.39 is 11.5 Å². The molecular formula is C25H22N2O5. The first-order valence-electron chi connectivity index (χ1n) is 10.7. The van der Waals surface area contributed by atoms with Gasteiger partial charge in [-0.25, -0.2) is 4.79 Å². The number of rotatable bonds is 4. The Balaban J connectivity index is 1.17. The summed E-state index contributed by atoms with van der Waals surface area (Å²) in [4.78, 5) is 39.3. The molecule has 4 aromatic rings. The molecule has 0 aliphatic carbocycles. The van der Waals surface area contributed by atoms with Crippen molar-refractivity contribution in [1.29, 1.82) is 0 Å². The summed E-state index contributed by atoms with van der Waals surface area (Å²) >= 11 is 0. The topological polar surface area (TPSA) is 92.8 Å². The monoisotopic (exact) mass is 430 g/mol. The van der Waals surface area contributed by atoms with Gasteiger partial charge in [0.15, 0.2) is 5.76 Å². The van der Waals surface area contributed by atoms with Crippen LogP contribution in [-0.2, 0) is 0 Å². The standard InChI is InChI=1S/C25H22N2O5/c28-23(19-13-17-5-1-4-8-21(17)32-25(19)30)26-15-16-9-11-27(12-10-16)24(29)22-14-18-6-2-3-7-20(18)31-22/h1-8,13-14,16H,9-12,15H2,(H,26,28). The third-order valence-electron chi connectivity index (χ3n) is 5.98. The van der Waals surface area contributed by atoms with Gasteiger partial charge in [0.2, 0.25) is 0 Å². The lowest BCUT2D eigenvalue weighted by Crippen LogP contribution is -2.41. The van der Waals surface area contributed by atoms with Gasteiger partial charge in [-0.3, -0.25) is 9.59 Å². The summed E-state index contributed by atoms with van der Waals surface area (Å²) in [6.07, 6.45) is 1.52. The Morgan fingerprint density at radius 2 is 1.53 bits per heavy atom. The number of hydrogen-bond acceptors (Lipinski definition) is 5. The molecule has 1 fully saturated rings. The third kappa shape index (κ3) is 3.89. The van der Waals surface area contributed by atoms with E-state index in [1.54, 1.807) is 35.2 Å². The lowest BCUT2D eigenvalue weighted by molar-refractivity contribution is 0.0655. The van der Waals surface area contributed by atoms with E-state index in [9.17, 15) is 14.4 Å². The van der Waals surface area contributed by atoms with E-state index in [1.807, 2.05) is 30.3 Å². The number of carbonyl (C=O) groups excluding carboxylic acids is 2. The molecular weight excluding hydrogens is 408 g/mol. The summed E-state index contributed by atoms with van der Waals surface area (Å²) < 4.78 is 10.9. The molecule has 3 heterocycles. The second-order valence-electron chi connectivity index (χ2n) is 8.08. The van der Waals surface area contributed by atoms with Gasteiger partial charge in [-0.15, -0.1) is 0 Å². The minimum atomic E-state index is -0.646. The Morgan fingerprint density at radius 3 is 2.22 bits per heavy atom. The summed E-state index contributed by atoms with van der Waals surface area (Å²) in [5.41, 5.74) is 0.510. The number of fused-ring (bicyclic) bond motifs is 2. The van der Waals surface area contributed by atoms with Crippen LogP contribution in [-0.4, -0.2) is 36.3 Å². The fourth-order valence-electron chi connectivity index (χ4n) is 4.14. The van der Waals surface area contributed by atoms with E-state index >= 15 is 0 Å². The van der Waals surface area contributed by atoms with Crippen LogP contribution in [0.15, 0.2) is 74.3 Å². The molecule has 0 saturated carbocycles. The maximum absolute atomic E-state index is 12.8. The minimum Gasteiger partial charge on any atom is -0.451 e. The van der Waals surface area contributed by atoms with Gasteiger partial charge in [0.1, 0.15) is 16.7 Å². The van der Waals surface area contributed by atoms with Crippen LogP contribution in [0, 0.1) is 5.92 Å². The van der Waals surface area contributed by atoms with Gasteiger partial charge < -0.3 is 19.1 Å². The van der Waals surface area contributed by atoms with Gasteiger partial charge in [0.25, 0.3) is 11.8 Å². The van der Waals surface area contributed by atoms with Crippen LogP contribution in [0.5, 0.6) is 0 Å². The maximum atomic E-state index is 12.8. The van der Waals surface area contributed by atoms with Crippen LogP contribution < -0.4 is 10.9 Å². The molecule has 1 aliphatic rings. The molecule has 162 valence electrons. The molecule has 1 N–H and O–H groups in total. The Labute approximate surface area is 183 Å². The van der Waals surface area contributed by atoms with Crippen LogP contribution in [0.25, 0.3) is 21.9 Å². The lowest BCUT2D eigenvalue weighted by atomic mass is 9.96. The van der Waals surface area contributed by atoms with Crippen LogP contribution in [0.3, 0.4) is 0 Å². The van der Waals surface area contributed by atoms with Crippen LogP contribution in [0.4, 0.5) is 0 Å². The Kier molecular flexibility index (Phi) is 5.23. The fourth-order valence-corrected chi connectivity index (χ4v) is 4.14. The van der Waals surface area contributed by atoms with Gasteiger partial charge in [0, 0.05) is 30.4 Å². The SMILES string of the molecule is O=C(NCC1CCN(C(=O)c2cc3ccccc3o2)CC1)c1cc2ccccc2oc1=O. The van der Waals surface area contributed by atoms with Crippen LogP contribution in [0.2, 0.25) is 0 Å². The molecule has 2 aromatic carbocycles. The van der Waals surface area contributed by atoms with E-state index in [2.05, 4.69) is 5.32 Å². The highest BCUT2D eigenvalue weighted by molar-refractivity contribution is 5.97. The lowest BCUT2D eigenvalue weighted by Gasteiger charge is -2.31. The fraction of sp³-hybridized carbons (Fsp3) is 0.240. The van der Waals surface area contributed by atoms with Crippen molar-refractivity contribution < 1.29 is 18.4 Å².